The van der Waals surface area contributed by atoms with E-state index in [1.165, 1.54) is 18.2 Å². The summed E-state index contributed by atoms with van der Waals surface area (Å²) in [6.45, 7) is 0. The number of nitrogens with one attached hydrogen (secondary N) is 1. The Bertz CT molecular complexity index is 535. The van der Waals surface area contributed by atoms with Crippen LogP contribution in [0.1, 0.15) is 24.8 Å². The standard InChI is InChI=1S/C14H14FNO3/c15-11-8-9(5-7-13(17)18)4-6-12(11)16-14(19)10-2-1-3-10/h4-8,10H,1-3H2,(H,16,19)(H,17,18)/b7-5+. The van der Waals surface area contributed by atoms with Crippen molar-refractivity contribution < 1.29 is 19.1 Å². The van der Waals surface area contributed by atoms with Crippen LogP contribution in [0.2, 0.25) is 0 Å². The second-order valence-corrected chi connectivity index (χ2v) is 4.53. The number of carbonyl (C=O) groups excluding carboxylic acids is 1. The first-order valence-electron chi connectivity index (χ1n) is 6.07. The van der Waals surface area contributed by atoms with Crippen LogP contribution in [0.5, 0.6) is 0 Å². The van der Waals surface area contributed by atoms with E-state index in [4.69, 9.17) is 5.11 Å². The molecule has 0 bridgehead atoms. The minimum absolute atomic E-state index is 0.00835. The third-order valence-corrected chi connectivity index (χ3v) is 3.15. The Morgan fingerprint density at radius 3 is 2.63 bits per heavy atom. The minimum atomic E-state index is -1.09. The SMILES string of the molecule is O=C(O)/C=C/c1ccc(NC(=O)C2CCC2)c(F)c1. The molecule has 0 heterocycles. The Balaban J connectivity index is 2.06. The molecule has 0 atom stereocenters. The van der Waals surface area contributed by atoms with Gasteiger partial charge >= 0.3 is 5.97 Å². The summed E-state index contributed by atoms with van der Waals surface area (Å²) in [4.78, 5) is 22.0. The highest BCUT2D eigenvalue weighted by Crippen LogP contribution is 2.28. The maximum absolute atomic E-state index is 13.7. The Hall–Kier alpha value is -2.17. The third-order valence-electron chi connectivity index (χ3n) is 3.15. The lowest BCUT2D eigenvalue weighted by atomic mass is 9.85. The van der Waals surface area contributed by atoms with E-state index in [1.807, 2.05) is 0 Å². The van der Waals surface area contributed by atoms with Gasteiger partial charge < -0.3 is 10.4 Å². The van der Waals surface area contributed by atoms with Gasteiger partial charge in [0.2, 0.25) is 5.91 Å². The highest BCUT2D eigenvalue weighted by Gasteiger charge is 2.25. The maximum atomic E-state index is 13.7. The molecule has 19 heavy (non-hydrogen) atoms. The van der Waals surface area contributed by atoms with Crippen LogP contribution in [0.3, 0.4) is 0 Å². The monoisotopic (exact) mass is 263 g/mol. The zero-order chi connectivity index (χ0) is 13.8. The van der Waals surface area contributed by atoms with Gasteiger partial charge in [0.25, 0.3) is 0 Å². The first-order chi connectivity index (χ1) is 9.06. The van der Waals surface area contributed by atoms with Crippen LogP contribution < -0.4 is 5.32 Å². The molecule has 0 aromatic heterocycles. The van der Waals surface area contributed by atoms with Gasteiger partial charge in [0, 0.05) is 12.0 Å². The molecule has 0 spiro atoms. The Morgan fingerprint density at radius 2 is 2.11 bits per heavy atom. The molecule has 1 aromatic carbocycles. The van der Waals surface area contributed by atoms with Crippen molar-refractivity contribution in [1.29, 1.82) is 0 Å². The van der Waals surface area contributed by atoms with Gasteiger partial charge in [-0.05, 0) is 36.6 Å². The smallest absolute Gasteiger partial charge is 0.328 e. The number of anilines is 1. The quantitative estimate of drug-likeness (QED) is 0.821. The number of hydrogen-bond acceptors (Lipinski definition) is 2. The molecule has 4 nitrogen and oxygen atoms in total. The van der Waals surface area contributed by atoms with Gasteiger partial charge in [-0.15, -0.1) is 0 Å². The van der Waals surface area contributed by atoms with E-state index in [0.29, 0.717) is 5.56 Å². The van der Waals surface area contributed by atoms with E-state index in [1.54, 1.807) is 6.07 Å². The van der Waals surface area contributed by atoms with E-state index in [0.717, 1.165) is 25.3 Å². The maximum Gasteiger partial charge on any atom is 0.328 e. The van der Waals surface area contributed by atoms with Gasteiger partial charge in [0.1, 0.15) is 5.82 Å². The zero-order valence-corrected chi connectivity index (χ0v) is 10.2. The van der Waals surface area contributed by atoms with Crippen molar-refractivity contribution in [3.63, 3.8) is 0 Å². The minimum Gasteiger partial charge on any atom is -0.478 e. The molecule has 0 unspecified atom stereocenters. The van der Waals surface area contributed by atoms with Crippen LogP contribution in [-0.4, -0.2) is 17.0 Å². The molecule has 1 fully saturated rings. The van der Waals surface area contributed by atoms with Crippen molar-refractivity contribution >= 4 is 23.6 Å². The van der Waals surface area contributed by atoms with Crippen LogP contribution >= 0.6 is 0 Å². The summed E-state index contributed by atoms with van der Waals surface area (Å²) in [6.07, 6.45) is 4.98. The summed E-state index contributed by atoms with van der Waals surface area (Å²) in [5.41, 5.74) is 0.561. The van der Waals surface area contributed by atoms with Gasteiger partial charge in [-0.2, -0.15) is 0 Å². The van der Waals surface area contributed by atoms with Crippen molar-refractivity contribution in [2.45, 2.75) is 19.3 Å². The average molecular weight is 263 g/mol. The Morgan fingerprint density at radius 1 is 1.37 bits per heavy atom. The van der Waals surface area contributed by atoms with Crippen molar-refractivity contribution in [2.75, 3.05) is 5.32 Å². The van der Waals surface area contributed by atoms with Crippen LogP contribution in [-0.2, 0) is 9.59 Å². The summed E-state index contributed by atoms with van der Waals surface area (Å²) >= 11 is 0. The molecule has 1 aromatic rings. The first-order valence-corrected chi connectivity index (χ1v) is 6.07. The molecule has 5 heteroatoms. The van der Waals surface area contributed by atoms with Crippen molar-refractivity contribution in [1.82, 2.24) is 0 Å². The van der Waals surface area contributed by atoms with Crippen LogP contribution in [0.15, 0.2) is 24.3 Å². The molecule has 0 radical (unpaired) electrons. The molecule has 2 N–H and O–H groups in total. The van der Waals surface area contributed by atoms with Crippen molar-refractivity contribution in [2.24, 2.45) is 5.92 Å². The summed E-state index contributed by atoms with van der Waals surface area (Å²) in [7, 11) is 0. The molecule has 2 rings (SSSR count). The summed E-state index contributed by atoms with van der Waals surface area (Å²) < 4.78 is 13.7. The molecule has 1 aliphatic carbocycles. The van der Waals surface area contributed by atoms with E-state index >= 15 is 0 Å². The van der Waals surface area contributed by atoms with Crippen molar-refractivity contribution in [3.8, 4) is 0 Å². The number of halogens is 1. The van der Waals surface area contributed by atoms with Gasteiger partial charge in [-0.1, -0.05) is 12.5 Å². The van der Waals surface area contributed by atoms with E-state index < -0.39 is 11.8 Å². The molecule has 0 saturated heterocycles. The van der Waals surface area contributed by atoms with Crippen LogP contribution in [0.25, 0.3) is 6.08 Å². The highest BCUT2D eigenvalue weighted by atomic mass is 19.1. The molecule has 0 aliphatic heterocycles. The largest absolute Gasteiger partial charge is 0.478 e. The number of amides is 1. The number of benzene rings is 1. The Labute approximate surface area is 109 Å². The number of carboxylic acids is 1. The fraction of sp³-hybridized carbons (Fsp3) is 0.286. The molecule has 100 valence electrons. The van der Waals surface area contributed by atoms with Crippen LogP contribution in [0.4, 0.5) is 10.1 Å². The third kappa shape index (κ3) is 3.40. The lowest BCUT2D eigenvalue weighted by Gasteiger charge is -2.24. The molecule has 1 saturated carbocycles. The lowest BCUT2D eigenvalue weighted by molar-refractivity contribution is -0.131. The zero-order valence-electron chi connectivity index (χ0n) is 10.2. The van der Waals surface area contributed by atoms with Gasteiger partial charge in [-0.3, -0.25) is 4.79 Å². The fourth-order valence-electron chi connectivity index (χ4n) is 1.81. The normalized spacial score (nSPS) is 15.2. The predicted octanol–water partition coefficient (Wildman–Crippen LogP) is 2.66. The Kier molecular flexibility index (Phi) is 3.94. The molecular formula is C14H14FNO3. The number of aliphatic carboxylic acids is 1. The summed E-state index contributed by atoms with van der Waals surface area (Å²) in [5, 5.41) is 11.0. The highest BCUT2D eigenvalue weighted by molar-refractivity contribution is 5.93. The van der Waals surface area contributed by atoms with E-state index in [2.05, 4.69) is 5.32 Å². The number of rotatable bonds is 4. The second-order valence-electron chi connectivity index (χ2n) is 4.53. The second kappa shape index (κ2) is 5.65. The van der Waals surface area contributed by atoms with E-state index in [9.17, 15) is 14.0 Å². The van der Waals surface area contributed by atoms with Crippen LogP contribution in [0, 0.1) is 11.7 Å². The van der Waals surface area contributed by atoms with E-state index in [-0.39, 0.29) is 17.5 Å². The number of hydrogen-bond donors (Lipinski definition) is 2. The first kappa shape index (κ1) is 13.3. The average Bonchev–Trinajstić information content (AvgIpc) is 2.27. The van der Waals surface area contributed by atoms with Gasteiger partial charge in [0.15, 0.2) is 0 Å². The number of carboxylic acid groups (broad SMARTS) is 1. The van der Waals surface area contributed by atoms with Crippen molar-refractivity contribution in [3.05, 3.63) is 35.7 Å². The topological polar surface area (TPSA) is 66.4 Å². The fourth-order valence-corrected chi connectivity index (χ4v) is 1.81. The molecule has 1 aliphatic rings. The van der Waals surface area contributed by atoms with Gasteiger partial charge in [0.05, 0.1) is 5.69 Å². The molecular weight excluding hydrogens is 249 g/mol. The van der Waals surface area contributed by atoms with Gasteiger partial charge in [-0.25, -0.2) is 9.18 Å². The predicted molar refractivity (Wildman–Crippen MR) is 69.0 cm³/mol. The molecule has 1 amide bonds. The lowest BCUT2D eigenvalue weighted by Crippen LogP contribution is -2.28. The number of carbonyl (C=O) groups is 2. The summed E-state index contributed by atoms with van der Waals surface area (Å²) in [6, 6.07) is 4.18. The summed E-state index contributed by atoms with van der Waals surface area (Å²) in [5.74, 6) is -1.83.